The molecule has 4 rings (SSSR count). The largest absolute Gasteiger partial charge is 0.463 e. The SMILES string of the molecule is CCOC(=O)C1=C(C)NC2=C(C(=O)CC(c3ccccc3)C2)C1c1ccccc1I. The van der Waals surface area contributed by atoms with E-state index in [0.717, 1.165) is 26.9 Å². The van der Waals surface area contributed by atoms with Crippen LogP contribution >= 0.6 is 22.6 Å². The smallest absolute Gasteiger partial charge is 0.336 e. The maximum absolute atomic E-state index is 13.5. The predicted octanol–water partition coefficient (Wildman–Crippen LogP) is 5.22. The minimum absolute atomic E-state index is 0.0940. The van der Waals surface area contributed by atoms with Crippen LogP contribution in [0, 0.1) is 3.57 Å². The number of ether oxygens (including phenoxy) is 1. The quantitative estimate of drug-likeness (QED) is 0.450. The molecule has 2 atom stereocenters. The van der Waals surface area contributed by atoms with Crippen LogP contribution in [0.5, 0.6) is 0 Å². The highest BCUT2D eigenvalue weighted by Gasteiger charge is 2.41. The molecular weight excluding hydrogens is 489 g/mol. The molecule has 2 aromatic rings. The third kappa shape index (κ3) is 3.83. The summed E-state index contributed by atoms with van der Waals surface area (Å²) >= 11 is 2.28. The number of rotatable bonds is 4. The fraction of sp³-hybridized carbons (Fsp3) is 0.280. The van der Waals surface area contributed by atoms with Gasteiger partial charge >= 0.3 is 5.97 Å². The number of ketones is 1. The van der Waals surface area contributed by atoms with E-state index < -0.39 is 5.92 Å². The van der Waals surface area contributed by atoms with Gasteiger partial charge in [0.05, 0.1) is 12.2 Å². The van der Waals surface area contributed by atoms with Crippen LogP contribution in [0.2, 0.25) is 0 Å². The standard InChI is InChI=1S/C25H24INO3/c1-3-30-25(29)22-15(2)27-20-13-17(16-9-5-4-6-10-16)14-21(28)24(20)23(22)18-11-7-8-12-19(18)26/h4-12,17,23,27H,3,13-14H2,1-2H3. The van der Waals surface area contributed by atoms with E-state index in [9.17, 15) is 9.59 Å². The van der Waals surface area contributed by atoms with Crippen molar-refractivity contribution in [3.05, 3.63) is 91.8 Å². The van der Waals surface area contributed by atoms with Gasteiger partial charge in [0.15, 0.2) is 5.78 Å². The molecule has 0 bridgehead atoms. The molecule has 5 heteroatoms. The Morgan fingerprint density at radius 2 is 1.80 bits per heavy atom. The zero-order valence-corrected chi connectivity index (χ0v) is 19.2. The lowest BCUT2D eigenvalue weighted by atomic mass is 9.72. The van der Waals surface area contributed by atoms with Crippen molar-refractivity contribution in [3.63, 3.8) is 0 Å². The van der Waals surface area contributed by atoms with E-state index >= 15 is 0 Å². The molecule has 1 N–H and O–H groups in total. The Morgan fingerprint density at radius 1 is 1.10 bits per heavy atom. The number of hydrogen-bond donors (Lipinski definition) is 1. The summed E-state index contributed by atoms with van der Waals surface area (Å²) in [6, 6.07) is 18.1. The lowest BCUT2D eigenvalue weighted by Crippen LogP contribution is -2.36. The molecule has 1 heterocycles. The van der Waals surface area contributed by atoms with Crippen molar-refractivity contribution < 1.29 is 14.3 Å². The van der Waals surface area contributed by atoms with Crippen LogP contribution in [-0.2, 0) is 14.3 Å². The summed E-state index contributed by atoms with van der Waals surface area (Å²) in [4.78, 5) is 26.4. The normalized spacial score (nSPS) is 21.2. The van der Waals surface area contributed by atoms with Gasteiger partial charge in [0.25, 0.3) is 0 Å². The molecule has 0 fully saturated rings. The second kappa shape index (κ2) is 8.76. The van der Waals surface area contributed by atoms with E-state index in [1.54, 1.807) is 6.92 Å². The van der Waals surface area contributed by atoms with Crippen molar-refractivity contribution in [1.29, 1.82) is 0 Å². The van der Waals surface area contributed by atoms with Gasteiger partial charge in [0.1, 0.15) is 0 Å². The molecule has 154 valence electrons. The molecule has 1 aliphatic heterocycles. The van der Waals surface area contributed by atoms with Crippen LogP contribution in [-0.4, -0.2) is 18.4 Å². The Labute approximate surface area is 190 Å². The fourth-order valence-corrected chi connectivity index (χ4v) is 5.20. The molecule has 1 aliphatic carbocycles. The zero-order valence-electron chi connectivity index (χ0n) is 17.1. The van der Waals surface area contributed by atoms with Gasteiger partial charge in [-0.05, 0) is 66.0 Å². The summed E-state index contributed by atoms with van der Waals surface area (Å²) in [6.07, 6.45) is 1.19. The minimum Gasteiger partial charge on any atom is -0.463 e. The van der Waals surface area contributed by atoms with Gasteiger partial charge in [-0.2, -0.15) is 0 Å². The van der Waals surface area contributed by atoms with Crippen LogP contribution in [0.1, 0.15) is 49.7 Å². The van der Waals surface area contributed by atoms with Gasteiger partial charge < -0.3 is 10.1 Å². The first-order valence-electron chi connectivity index (χ1n) is 10.2. The number of nitrogens with one attached hydrogen (secondary N) is 1. The Bertz CT molecular complexity index is 1060. The maximum Gasteiger partial charge on any atom is 0.336 e. The summed E-state index contributed by atoms with van der Waals surface area (Å²) in [5.74, 6) is -0.539. The molecule has 2 aliphatic rings. The molecule has 0 amide bonds. The zero-order chi connectivity index (χ0) is 21.3. The third-order valence-corrected chi connectivity index (χ3v) is 6.79. The third-order valence-electron chi connectivity index (χ3n) is 5.81. The molecule has 0 aromatic heterocycles. The van der Waals surface area contributed by atoms with Crippen molar-refractivity contribution in [2.45, 2.75) is 38.5 Å². The lowest BCUT2D eigenvalue weighted by Gasteiger charge is -2.37. The monoisotopic (exact) mass is 513 g/mol. The van der Waals surface area contributed by atoms with Gasteiger partial charge in [0, 0.05) is 32.9 Å². The summed E-state index contributed by atoms with van der Waals surface area (Å²) in [6.45, 7) is 3.99. The van der Waals surface area contributed by atoms with Crippen molar-refractivity contribution in [2.24, 2.45) is 0 Å². The van der Waals surface area contributed by atoms with E-state index in [1.807, 2.05) is 49.4 Å². The van der Waals surface area contributed by atoms with Gasteiger partial charge in [-0.25, -0.2) is 4.79 Å². The number of hydrogen-bond acceptors (Lipinski definition) is 4. The average Bonchev–Trinajstić information content (AvgIpc) is 2.74. The summed E-state index contributed by atoms with van der Waals surface area (Å²) < 4.78 is 6.40. The van der Waals surface area contributed by atoms with E-state index in [-0.39, 0.29) is 17.7 Å². The first-order chi connectivity index (χ1) is 14.5. The number of halogens is 1. The topological polar surface area (TPSA) is 55.4 Å². The fourth-order valence-electron chi connectivity index (χ4n) is 4.50. The van der Waals surface area contributed by atoms with E-state index in [0.29, 0.717) is 24.2 Å². The molecule has 0 spiro atoms. The minimum atomic E-state index is -0.405. The highest BCUT2D eigenvalue weighted by atomic mass is 127. The Balaban J connectivity index is 1.82. The number of Topliss-reactive ketones (excluding diaryl/α,β-unsaturated/α-hetero) is 1. The maximum atomic E-state index is 13.5. The van der Waals surface area contributed by atoms with Crippen LogP contribution in [0.3, 0.4) is 0 Å². The van der Waals surface area contributed by atoms with E-state index in [1.165, 1.54) is 5.56 Å². The van der Waals surface area contributed by atoms with Crippen molar-refractivity contribution >= 4 is 34.3 Å². The molecule has 0 radical (unpaired) electrons. The molecule has 4 nitrogen and oxygen atoms in total. The number of esters is 1. The first-order valence-corrected chi connectivity index (χ1v) is 11.3. The Kier molecular flexibility index (Phi) is 6.09. The average molecular weight is 513 g/mol. The van der Waals surface area contributed by atoms with Crippen LogP contribution in [0.15, 0.2) is 77.1 Å². The summed E-state index contributed by atoms with van der Waals surface area (Å²) in [7, 11) is 0. The molecule has 2 unspecified atom stereocenters. The van der Waals surface area contributed by atoms with Gasteiger partial charge in [-0.1, -0.05) is 48.5 Å². The van der Waals surface area contributed by atoms with Crippen LogP contribution < -0.4 is 5.32 Å². The Morgan fingerprint density at radius 3 is 2.50 bits per heavy atom. The second-order valence-corrected chi connectivity index (χ2v) is 8.83. The molecular formula is C25H24INO3. The number of allylic oxidation sites excluding steroid dienone is 3. The number of dihydropyridines is 1. The summed E-state index contributed by atoms with van der Waals surface area (Å²) in [5.41, 5.74) is 5.07. The van der Waals surface area contributed by atoms with Gasteiger partial charge in [0.2, 0.25) is 0 Å². The molecule has 30 heavy (non-hydrogen) atoms. The first kappa shape index (κ1) is 20.8. The predicted molar refractivity (Wildman–Crippen MR) is 125 cm³/mol. The molecule has 0 saturated heterocycles. The van der Waals surface area contributed by atoms with Crippen LogP contribution in [0.4, 0.5) is 0 Å². The highest BCUT2D eigenvalue weighted by Crippen LogP contribution is 2.46. The van der Waals surface area contributed by atoms with Gasteiger partial charge in [-0.3, -0.25) is 4.79 Å². The highest BCUT2D eigenvalue weighted by molar-refractivity contribution is 14.1. The van der Waals surface area contributed by atoms with Crippen molar-refractivity contribution in [2.75, 3.05) is 6.61 Å². The van der Waals surface area contributed by atoms with Gasteiger partial charge in [-0.15, -0.1) is 0 Å². The van der Waals surface area contributed by atoms with Crippen molar-refractivity contribution in [3.8, 4) is 0 Å². The summed E-state index contributed by atoms with van der Waals surface area (Å²) in [5, 5.41) is 3.39. The number of benzene rings is 2. The van der Waals surface area contributed by atoms with Crippen LogP contribution in [0.25, 0.3) is 0 Å². The number of carbonyl (C=O) groups is 2. The van der Waals surface area contributed by atoms with E-state index in [4.69, 9.17) is 4.74 Å². The number of carbonyl (C=O) groups excluding carboxylic acids is 2. The van der Waals surface area contributed by atoms with E-state index in [2.05, 4.69) is 40.0 Å². The lowest BCUT2D eigenvalue weighted by molar-refractivity contribution is -0.138. The second-order valence-electron chi connectivity index (χ2n) is 7.67. The van der Waals surface area contributed by atoms with Crippen molar-refractivity contribution in [1.82, 2.24) is 5.32 Å². The molecule has 0 saturated carbocycles. The Hall–Kier alpha value is -2.41. The molecule has 2 aromatic carbocycles.